The van der Waals surface area contributed by atoms with Crippen LogP contribution in [-0.4, -0.2) is 22.5 Å². The van der Waals surface area contributed by atoms with Gasteiger partial charge in [-0.15, -0.1) is 0 Å². The number of fused-ring (bicyclic) bond motifs is 1. The van der Waals surface area contributed by atoms with E-state index >= 15 is 0 Å². The van der Waals surface area contributed by atoms with E-state index in [1.165, 1.54) is 4.57 Å². The van der Waals surface area contributed by atoms with Crippen molar-refractivity contribution in [1.82, 2.24) is 4.57 Å². The summed E-state index contributed by atoms with van der Waals surface area (Å²) in [5.74, 6) is 0. The molecule has 0 saturated carbocycles. The standard InChI is InChI=1S/C12H11ClF3NO2/c13-9-1-2-10-8(5-18)4-17(11(10)3-9)7-19-6-12(14,15)16/h1-4,18H,5-7H2. The Hall–Kier alpha value is -1.24. The van der Waals surface area contributed by atoms with E-state index in [2.05, 4.69) is 4.74 Å². The van der Waals surface area contributed by atoms with Crippen LogP contribution in [0, 0.1) is 0 Å². The average Bonchev–Trinajstić information content (AvgIpc) is 2.65. The molecule has 0 aliphatic rings. The number of benzene rings is 1. The predicted octanol–water partition coefficient (Wildman–Crippen LogP) is 3.32. The lowest BCUT2D eigenvalue weighted by molar-refractivity contribution is -0.181. The van der Waals surface area contributed by atoms with Gasteiger partial charge >= 0.3 is 6.18 Å². The second kappa shape index (κ2) is 5.40. The first-order chi connectivity index (χ1) is 8.90. The highest BCUT2D eigenvalue weighted by atomic mass is 35.5. The lowest BCUT2D eigenvalue weighted by Gasteiger charge is -2.09. The Balaban J connectivity index is 2.25. The van der Waals surface area contributed by atoms with Crippen LogP contribution in [0.25, 0.3) is 10.9 Å². The molecular formula is C12H11ClF3NO2. The summed E-state index contributed by atoms with van der Waals surface area (Å²) in [5.41, 5.74) is 1.24. The van der Waals surface area contributed by atoms with Gasteiger partial charge in [-0.25, -0.2) is 0 Å². The summed E-state index contributed by atoms with van der Waals surface area (Å²) in [7, 11) is 0. The highest BCUT2D eigenvalue weighted by Crippen LogP contribution is 2.25. The topological polar surface area (TPSA) is 34.4 Å². The molecule has 0 amide bonds. The van der Waals surface area contributed by atoms with Crippen molar-refractivity contribution in [3.63, 3.8) is 0 Å². The SMILES string of the molecule is OCc1cn(COCC(F)(F)F)c2cc(Cl)ccc12. The molecular weight excluding hydrogens is 283 g/mol. The average molecular weight is 294 g/mol. The quantitative estimate of drug-likeness (QED) is 0.938. The summed E-state index contributed by atoms with van der Waals surface area (Å²) in [4.78, 5) is 0. The number of aliphatic hydroxyl groups excluding tert-OH is 1. The molecule has 19 heavy (non-hydrogen) atoms. The highest BCUT2D eigenvalue weighted by molar-refractivity contribution is 6.31. The monoisotopic (exact) mass is 293 g/mol. The van der Waals surface area contributed by atoms with Crippen molar-refractivity contribution >= 4 is 22.5 Å². The van der Waals surface area contributed by atoms with Crippen LogP contribution in [-0.2, 0) is 18.1 Å². The third kappa shape index (κ3) is 3.40. The molecule has 0 fully saturated rings. The number of aliphatic hydroxyl groups is 1. The van der Waals surface area contributed by atoms with E-state index in [-0.39, 0.29) is 13.3 Å². The van der Waals surface area contributed by atoms with Gasteiger partial charge in [-0.3, -0.25) is 0 Å². The zero-order chi connectivity index (χ0) is 14.0. The molecule has 0 unspecified atom stereocenters. The Morgan fingerprint density at radius 1 is 1.32 bits per heavy atom. The van der Waals surface area contributed by atoms with E-state index in [0.717, 1.165) is 5.39 Å². The van der Waals surface area contributed by atoms with E-state index in [9.17, 15) is 18.3 Å². The molecule has 0 saturated heterocycles. The Bertz CT molecular complexity index is 580. The van der Waals surface area contributed by atoms with Gasteiger partial charge in [0.25, 0.3) is 0 Å². The molecule has 1 aromatic heterocycles. The van der Waals surface area contributed by atoms with Gasteiger partial charge in [-0.1, -0.05) is 17.7 Å². The maximum atomic E-state index is 12.0. The van der Waals surface area contributed by atoms with Crippen LogP contribution >= 0.6 is 11.6 Å². The molecule has 0 aliphatic heterocycles. The predicted molar refractivity (Wildman–Crippen MR) is 64.9 cm³/mol. The van der Waals surface area contributed by atoms with Crippen LogP contribution in [0.15, 0.2) is 24.4 Å². The van der Waals surface area contributed by atoms with Crippen molar-refractivity contribution in [3.8, 4) is 0 Å². The Kier molecular flexibility index (Phi) is 4.03. The summed E-state index contributed by atoms with van der Waals surface area (Å²) < 4.78 is 42.1. The first-order valence-corrected chi connectivity index (χ1v) is 5.81. The molecule has 0 aliphatic carbocycles. The van der Waals surface area contributed by atoms with Crippen molar-refractivity contribution in [2.75, 3.05) is 6.61 Å². The number of rotatable bonds is 4. The minimum Gasteiger partial charge on any atom is -0.392 e. The molecule has 3 nitrogen and oxygen atoms in total. The van der Waals surface area contributed by atoms with Crippen LogP contribution in [0.4, 0.5) is 13.2 Å². The first kappa shape index (κ1) is 14.2. The number of nitrogens with zero attached hydrogens (tertiary/aromatic N) is 1. The van der Waals surface area contributed by atoms with Gasteiger partial charge in [0.1, 0.15) is 13.3 Å². The number of ether oxygens (including phenoxy) is 1. The van der Waals surface area contributed by atoms with E-state index in [0.29, 0.717) is 16.1 Å². The summed E-state index contributed by atoms with van der Waals surface area (Å²) >= 11 is 5.85. The third-order valence-electron chi connectivity index (χ3n) is 2.59. The van der Waals surface area contributed by atoms with Crippen LogP contribution in [0.5, 0.6) is 0 Å². The Labute approximate surface area is 112 Å². The molecule has 0 atom stereocenters. The molecule has 2 aromatic rings. The van der Waals surface area contributed by atoms with Gasteiger partial charge in [0.05, 0.1) is 12.1 Å². The van der Waals surface area contributed by atoms with Gasteiger partial charge in [-0.2, -0.15) is 13.2 Å². The number of hydrogen-bond acceptors (Lipinski definition) is 2. The number of aromatic nitrogens is 1. The highest BCUT2D eigenvalue weighted by Gasteiger charge is 2.27. The van der Waals surface area contributed by atoms with Crippen LogP contribution in [0.2, 0.25) is 5.02 Å². The zero-order valence-corrected chi connectivity index (χ0v) is 10.5. The van der Waals surface area contributed by atoms with Gasteiger partial charge in [0.2, 0.25) is 0 Å². The van der Waals surface area contributed by atoms with Gasteiger partial charge in [0.15, 0.2) is 0 Å². The van der Waals surface area contributed by atoms with Gasteiger partial charge in [0, 0.05) is 22.2 Å². The Morgan fingerprint density at radius 3 is 2.68 bits per heavy atom. The smallest absolute Gasteiger partial charge is 0.392 e. The van der Waals surface area contributed by atoms with Crippen LogP contribution in [0.1, 0.15) is 5.56 Å². The normalized spacial score (nSPS) is 12.3. The van der Waals surface area contributed by atoms with Crippen molar-refractivity contribution < 1.29 is 23.0 Å². The second-order valence-corrected chi connectivity index (χ2v) is 4.47. The van der Waals surface area contributed by atoms with Crippen molar-refractivity contribution in [2.24, 2.45) is 0 Å². The van der Waals surface area contributed by atoms with E-state index < -0.39 is 12.8 Å². The summed E-state index contributed by atoms with van der Waals surface area (Å²) in [6.45, 7) is -1.78. The minimum absolute atomic E-state index is 0.204. The summed E-state index contributed by atoms with van der Waals surface area (Å²) in [5, 5.41) is 10.4. The van der Waals surface area contributed by atoms with Crippen LogP contribution in [0.3, 0.4) is 0 Å². The molecule has 1 aromatic carbocycles. The number of alkyl halides is 3. The first-order valence-electron chi connectivity index (χ1n) is 5.43. The summed E-state index contributed by atoms with van der Waals surface area (Å²) in [6, 6.07) is 4.99. The zero-order valence-electron chi connectivity index (χ0n) is 9.75. The molecule has 1 heterocycles. The molecule has 0 bridgehead atoms. The largest absolute Gasteiger partial charge is 0.411 e. The fourth-order valence-electron chi connectivity index (χ4n) is 1.83. The maximum Gasteiger partial charge on any atom is 0.411 e. The van der Waals surface area contributed by atoms with Crippen molar-refractivity contribution in [3.05, 3.63) is 35.0 Å². The van der Waals surface area contributed by atoms with Crippen molar-refractivity contribution in [2.45, 2.75) is 19.5 Å². The Morgan fingerprint density at radius 2 is 2.05 bits per heavy atom. The number of hydrogen-bond donors (Lipinski definition) is 1. The van der Waals surface area contributed by atoms with Crippen molar-refractivity contribution in [1.29, 1.82) is 0 Å². The molecule has 7 heteroatoms. The molecule has 0 spiro atoms. The van der Waals surface area contributed by atoms with Gasteiger partial charge in [-0.05, 0) is 12.1 Å². The fourth-order valence-corrected chi connectivity index (χ4v) is 2.00. The van der Waals surface area contributed by atoms with Gasteiger partial charge < -0.3 is 14.4 Å². The maximum absolute atomic E-state index is 12.0. The number of halogens is 4. The van der Waals surface area contributed by atoms with E-state index in [4.69, 9.17) is 11.6 Å². The minimum atomic E-state index is -4.36. The second-order valence-electron chi connectivity index (χ2n) is 4.04. The summed E-state index contributed by atoms with van der Waals surface area (Å²) in [6.07, 6.45) is -2.81. The van der Waals surface area contributed by atoms with E-state index in [1.54, 1.807) is 24.4 Å². The van der Waals surface area contributed by atoms with Crippen LogP contribution < -0.4 is 0 Å². The molecule has 0 radical (unpaired) electrons. The third-order valence-corrected chi connectivity index (χ3v) is 2.83. The molecule has 1 N–H and O–H groups in total. The lowest BCUT2D eigenvalue weighted by atomic mass is 10.2. The lowest BCUT2D eigenvalue weighted by Crippen LogP contribution is -2.18. The molecule has 104 valence electrons. The fraction of sp³-hybridized carbons (Fsp3) is 0.333. The molecule has 2 rings (SSSR count). The van der Waals surface area contributed by atoms with E-state index in [1.807, 2.05) is 0 Å².